The van der Waals surface area contributed by atoms with E-state index in [4.69, 9.17) is 10.6 Å². The van der Waals surface area contributed by atoms with Crippen molar-refractivity contribution in [1.29, 1.82) is 0 Å². The summed E-state index contributed by atoms with van der Waals surface area (Å²) in [7, 11) is 1.27. The van der Waals surface area contributed by atoms with Crippen LogP contribution in [-0.2, 0) is 24.0 Å². The number of amides is 3. The predicted octanol–water partition coefficient (Wildman–Crippen LogP) is 1.18. The fourth-order valence-corrected chi connectivity index (χ4v) is 6.32. The van der Waals surface area contributed by atoms with Gasteiger partial charge in [-0.1, -0.05) is 23.4 Å². The predicted molar refractivity (Wildman–Crippen MR) is 141 cm³/mol. The molecule has 0 bridgehead atoms. The number of nitrogens with one attached hydrogen (secondary N) is 1. The summed E-state index contributed by atoms with van der Waals surface area (Å²) in [5.74, 6) is -2.53. The van der Waals surface area contributed by atoms with E-state index in [0.29, 0.717) is 24.1 Å². The van der Waals surface area contributed by atoms with Crippen LogP contribution in [0.5, 0.6) is 0 Å². The van der Waals surface area contributed by atoms with Crippen molar-refractivity contribution >= 4 is 63.3 Å². The first-order valence-electron chi connectivity index (χ1n) is 11.4. The van der Waals surface area contributed by atoms with Crippen LogP contribution in [0.1, 0.15) is 12.1 Å². The number of thiazole rings is 1. The van der Waals surface area contributed by atoms with Gasteiger partial charge < -0.3 is 25.9 Å². The number of allylic oxidation sites excluding steroid dienone is 1. The number of aromatic nitrogens is 1. The van der Waals surface area contributed by atoms with Gasteiger partial charge in [-0.25, -0.2) is 9.78 Å². The van der Waals surface area contributed by atoms with Crippen LogP contribution in [0.15, 0.2) is 63.8 Å². The Morgan fingerprint density at radius 3 is 2.71 bits per heavy atom. The van der Waals surface area contributed by atoms with Crippen molar-refractivity contribution in [2.75, 3.05) is 30.0 Å². The number of nitrogens with two attached hydrogens (primary N) is 1. The fraction of sp³-hybridized carbons (Fsp3) is 0.250. The van der Waals surface area contributed by atoms with E-state index in [1.165, 1.54) is 24.3 Å². The number of carboxylic acids is 1. The number of β-lactam (4-membered cyclic amide) rings is 1. The molecule has 5 rings (SSSR count). The van der Waals surface area contributed by atoms with E-state index in [1.807, 2.05) is 30.3 Å². The highest BCUT2D eigenvalue weighted by atomic mass is 32.2. The van der Waals surface area contributed by atoms with Crippen LogP contribution in [0.3, 0.4) is 0 Å². The summed E-state index contributed by atoms with van der Waals surface area (Å²) in [6.45, 7) is 0.479. The lowest BCUT2D eigenvalue weighted by molar-refractivity contribution is -0.150. The summed E-state index contributed by atoms with van der Waals surface area (Å²) >= 11 is 2.41. The maximum absolute atomic E-state index is 13.1. The van der Waals surface area contributed by atoms with Crippen molar-refractivity contribution in [1.82, 2.24) is 15.2 Å². The van der Waals surface area contributed by atoms with Gasteiger partial charge in [0.1, 0.15) is 29.9 Å². The average Bonchev–Trinajstić information content (AvgIpc) is 3.50. The Labute approximate surface area is 224 Å². The van der Waals surface area contributed by atoms with E-state index < -0.39 is 29.2 Å². The fourth-order valence-electron chi connectivity index (χ4n) is 4.47. The molecule has 0 radical (unpaired) electrons. The van der Waals surface area contributed by atoms with Gasteiger partial charge in [0, 0.05) is 28.9 Å². The standard InChI is InChI=1S/C24H22N6O6S2/c1-36-28-16(15-11-38-24(25)26-15)19(31)27-17-21(33)30-18(23(34)35)13(10-37-22(17)30)9-12-7-8-29(20(12)32)14-5-3-2-4-6-14/h2-6,9,11,17,22H,7-8,10H2,1H3,(H2,25,26)(H,27,31)(H,34,35)/t17-,22-/m1/s1. The number of nitrogen functional groups attached to an aromatic ring is 1. The lowest BCUT2D eigenvalue weighted by Crippen LogP contribution is -2.71. The van der Waals surface area contributed by atoms with Crippen molar-refractivity contribution in [3.8, 4) is 0 Å². The molecule has 4 heterocycles. The van der Waals surface area contributed by atoms with Gasteiger partial charge in [-0.15, -0.1) is 23.1 Å². The summed E-state index contributed by atoms with van der Waals surface area (Å²) in [5, 5.41) is 17.4. The second kappa shape index (κ2) is 10.3. The van der Waals surface area contributed by atoms with Crippen molar-refractivity contribution < 1.29 is 29.1 Å². The number of aliphatic carboxylic acids is 1. The molecule has 0 spiro atoms. The van der Waals surface area contributed by atoms with Crippen LogP contribution < -0.4 is 16.0 Å². The Morgan fingerprint density at radius 1 is 1.29 bits per heavy atom. The topological polar surface area (TPSA) is 168 Å². The lowest BCUT2D eigenvalue weighted by Gasteiger charge is -2.49. The highest BCUT2D eigenvalue weighted by Gasteiger charge is 2.54. The zero-order valence-electron chi connectivity index (χ0n) is 20.0. The molecular weight excluding hydrogens is 532 g/mol. The van der Waals surface area contributed by atoms with Crippen LogP contribution >= 0.6 is 23.1 Å². The summed E-state index contributed by atoms with van der Waals surface area (Å²) < 4.78 is 0. The number of carbonyl (C=O) groups is 4. The Hall–Kier alpha value is -4.17. The van der Waals surface area contributed by atoms with Gasteiger partial charge in [0.15, 0.2) is 10.8 Å². The number of nitrogens with zero attached hydrogens (tertiary/aromatic N) is 4. The van der Waals surface area contributed by atoms with Gasteiger partial charge in [0.2, 0.25) is 0 Å². The molecule has 1 aromatic carbocycles. The first kappa shape index (κ1) is 25.5. The number of rotatable bonds is 7. The van der Waals surface area contributed by atoms with E-state index in [0.717, 1.165) is 21.9 Å². The smallest absolute Gasteiger partial charge is 0.352 e. The third kappa shape index (κ3) is 4.52. The monoisotopic (exact) mass is 554 g/mol. The van der Waals surface area contributed by atoms with Crippen molar-refractivity contribution in [3.63, 3.8) is 0 Å². The Morgan fingerprint density at radius 2 is 2.05 bits per heavy atom. The minimum atomic E-state index is -1.29. The molecule has 14 heteroatoms. The highest BCUT2D eigenvalue weighted by molar-refractivity contribution is 8.00. The molecule has 2 saturated heterocycles. The molecule has 2 aromatic rings. The largest absolute Gasteiger partial charge is 0.477 e. The lowest BCUT2D eigenvalue weighted by atomic mass is 10.0. The quantitative estimate of drug-likeness (QED) is 0.197. The van der Waals surface area contributed by atoms with Gasteiger partial charge in [-0.3, -0.25) is 19.3 Å². The SMILES string of the molecule is CON=C(C(=O)N[C@@H]1C(=O)N2C(C(=O)O)=C(C=C3CCN(c4ccccc4)C3=O)CS[C@H]12)c1csc(N)n1. The Balaban J connectivity index is 1.35. The molecule has 3 aliphatic heterocycles. The molecule has 196 valence electrons. The molecule has 2 fully saturated rings. The highest BCUT2D eigenvalue weighted by Crippen LogP contribution is 2.41. The number of thioether (sulfide) groups is 1. The zero-order chi connectivity index (χ0) is 27.0. The van der Waals surface area contributed by atoms with Crippen molar-refractivity contribution in [2.45, 2.75) is 17.8 Å². The molecule has 0 aliphatic carbocycles. The number of oxime groups is 1. The number of hydrogen-bond acceptors (Lipinski definition) is 10. The Bertz CT molecular complexity index is 1420. The molecule has 0 unspecified atom stereocenters. The van der Waals surface area contributed by atoms with E-state index >= 15 is 0 Å². The summed E-state index contributed by atoms with van der Waals surface area (Å²) in [6, 6.07) is 8.24. The molecule has 1 aromatic heterocycles. The molecule has 12 nitrogen and oxygen atoms in total. The molecular formula is C24H22N6O6S2. The number of carboxylic acid groups (broad SMARTS) is 1. The number of para-hydroxylation sites is 1. The second-order valence-electron chi connectivity index (χ2n) is 8.45. The van der Waals surface area contributed by atoms with Gasteiger partial charge in [-0.2, -0.15) is 0 Å². The molecule has 3 amide bonds. The number of benzene rings is 1. The van der Waals surface area contributed by atoms with Gasteiger partial charge >= 0.3 is 5.97 Å². The third-order valence-corrected chi connectivity index (χ3v) is 8.17. The van der Waals surface area contributed by atoms with E-state index in [9.17, 15) is 24.3 Å². The summed E-state index contributed by atoms with van der Waals surface area (Å²) in [6.07, 6.45) is 2.03. The molecule has 0 saturated carbocycles. The maximum atomic E-state index is 13.1. The minimum Gasteiger partial charge on any atom is -0.477 e. The van der Waals surface area contributed by atoms with Crippen molar-refractivity contribution in [2.24, 2.45) is 5.16 Å². The molecule has 2 atom stereocenters. The third-order valence-electron chi connectivity index (χ3n) is 6.19. The van der Waals surface area contributed by atoms with Crippen LogP contribution in [0, 0.1) is 0 Å². The number of anilines is 2. The molecule has 4 N–H and O–H groups in total. The van der Waals surface area contributed by atoms with Gasteiger partial charge in [-0.05, 0) is 30.2 Å². The summed E-state index contributed by atoms with van der Waals surface area (Å²) in [5.41, 5.74) is 7.10. The average molecular weight is 555 g/mol. The minimum absolute atomic E-state index is 0.158. The zero-order valence-corrected chi connectivity index (χ0v) is 21.6. The number of hydrogen-bond donors (Lipinski definition) is 3. The number of carbonyl (C=O) groups excluding carboxylic acids is 3. The second-order valence-corrected chi connectivity index (χ2v) is 10.4. The van der Waals surface area contributed by atoms with Crippen LogP contribution in [0.4, 0.5) is 10.8 Å². The van der Waals surface area contributed by atoms with Gasteiger partial charge in [0.25, 0.3) is 17.7 Å². The normalized spacial score (nSPS) is 22.4. The maximum Gasteiger partial charge on any atom is 0.352 e. The first-order chi connectivity index (χ1) is 18.3. The Kier molecular flexibility index (Phi) is 6.91. The van der Waals surface area contributed by atoms with E-state index in [1.54, 1.807) is 11.0 Å². The van der Waals surface area contributed by atoms with E-state index in [-0.39, 0.29) is 33.9 Å². The van der Waals surface area contributed by atoms with Crippen molar-refractivity contribution in [3.05, 3.63) is 64.3 Å². The first-order valence-corrected chi connectivity index (χ1v) is 13.3. The van der Waals surface area contributed by atoms with E-state index in [2.05, 4.69) is 15.5 Å². The molecule has 38 heavy (non-hydrogen) atoms. The van der Waals surface area contributed by atoms with Crippen LogP contribution in [-0.4, -0.2) is 75.2 Å². The summed E-state index contributed by atoms with van der Waals surface area (Å²) in [4.78, 5) is 62.8. The van der Waals surface area contributed by atoms with Crippen LogP contribution in [0.25, 0.3) is 0 Å². The molecule has 3 aliphatic rings. The van der Waals surface area contributed by atoms with Gasteiger partial charge in [0.05, 0.1) is 0 Å². The van der Waals surface area contributed by atoms with Crippen LogP contribution in [0.2, 0.25) is 0 Å². The number of fused-ring (bicyclic) bond motifs is 1.